The van der Waals surface area contributed by atoms with E-state index in [0.717, 1.165) is 21.3 Å². The molecule has 2 rings (SSSR count). The minimum absolute atomic E-state index is 0.499. The van der Waals surface area contributed by atoms with E-state index in [2.05, 4.69) is 34.2 Å². The minimum atomic E-state index is 0.499. The molecule has 1 aromatic heterocycles. The number of rotatable bonds is 5. The van der Waals surface area contributed by atoms with Crippen LogP contribution >= 0.6 is 38.9 Å². The Hall–Kier alpha value is 0.430. The van der Waals surface area contributed by atoms with Gasteiger partial charge in [0, 0.05) is 10.9 Å². The maximum absolute atomic E-state index is 6.18. The Labute approximate surface area is 127 Å². The second-order valence-corrected chi connectivity index (χ2v) is 7.91. The molecule has 0 saturated heterocycles. The van der Waals surface area contributed by atoms with Gasteiger partial charge in [0.2, 0.25) is 0 Å². The van der Waals surface area contributed by atoms with Crippen LogP contribution in [-0.2, 0) is 0 Å². The first-order valence-corrected chi connectivity index (χ1v) is 8.89. The lowest BCUT2D eigenvalue weighted by Gasteiger charge is -2.30. The van der Waals surface area contributed by atoms with Crippen molar-refractivity contribution in [3.8, 4) is 0 Å². The van der Waals surface area contributed by atoms with Gasteiger partial charge in [-0.25, -0.2) is 0 Å². The third-order valence-electron chi connectivity index (χ3n) is 3.71. The molecular formula is C14H21BrClNS. The third-order valence-corrected chi connectivity index (χ3v) is 6.26. The van der Waals surface area contributed by atoms with Crippen LogP contribution in [0, 0.1) is 5.92 Å². The maximum atomic E-state index is 6.18. The summed E-state index contributed by atoms with van der Waals surface area (Å²) in [5.41, 5.74) is 0. The van der Waals surface area contributed by atoms with Gasteiger partial charge in [0.25, 0.3) is 0 Å². The van der Waals surface area contributed by atoms with Crippen molar-refractivity contribution < 1.29 is 0 Å². The van der Waals surface area contributed by atoms with Gasteiger partial charge >= 0.3 is 0 Å². The van der Waals surface area contributed by atoms with Gasteiger partial charge in [0.1, 0.15) is 0 Å². The fraction of sp³-hybridized carbons (Fsp3) is 0.714. The summed E-state index contributed by atoms with van der Waals surface area (Å²) in [6.45, 7) is 3.32. The number of hydrogen-bond acceptors (Lipinski definition) is 2. The van der Waals surface area contributed by atoms with Gasteiger partial charge in [-0.3, -0.25) is 0 Å². The van der Waals surface area contributed by atoms with Gasteiger partial charge in [0.05, 0.1) is 8.81 Å². The Kier molecular flexibility index (Phi) is 5.99. The highest BCUT2D eigenvalue weighted by Gasteiger charge is 2.26. The average molecular weight is 351 g/mol. The van der Waals surface area contributed by atoms with Crippen LogP contribution in [0.1, 0.15) is 56.4 Å². The number of hydrogen-bond donors (Lipinski definition) is 1. The lowest BCUT2D eigenvalue weighted by molar-refractivity contribution is 0.275. The predicted molar refractivity (Wildman–Crippen MR) is 84.6 cm³/mol. The standard InChI is InChI=1S/C14H21BrClNS/c1-2-8-17-13(10-6-4-3-5-7-10)12-9-11(16)14(15)18-12/h9-10,13,17H,2-8H2,1H3. The monoisotopic (exact) mass is 349 g/mol. The zero-order chi connectivity index (χ0) is 13.0. The highest BCUT2D eigenvalue weighted by molar-refractivity contribution is 9.11. The van der Waals surface area contributed by atoms with Gasteiger partial charge in [-0.1, -0.05) is 37.8 Å². The van der Waals surface area contributed by atoms with Crippen molar-refractivity contribution in [2.24, 2.45) is 5.92 Å². The molecule has 1 heterocycles. The molecule has 1 aliphatic carbocycles. The summed E-state index contributed by atoms with van der Waals surface area (Å²) in [4.78, 5) is 1.40. The number of thiophene rings is 1. The maximum Gasteiger partial charge on any atom is 0.0887 e. The minimum Gasteiger partial charge on any atom is -0.309 e. The molecule has 0 bridgehead atoms. The molecule has 0 aliphatic heterocycles. The normalized spacial score (nSPS) is 19.1. The van der Waals surface area contributed by atoms with Crippen LogP contribution in [0.2, 0.25) is 5.02 Å². The molecule has 1 fully saturated rings. The Morgan fingerprint density at radius 3 is 2.72 bits per heavy atom. The first kappa shape index (κ1) is 14.8. The Morgan fingerprint density at radius 1 is 1.44 bits per heavy atom. The zero-order valence-corrected chi connectivity index (χ0v) is 14.0. The lowest BCUT2D eigenvalue weighted by atomic mass is 9.83. The molecule has 0 spiro atoms. The van der Waals surface area contributed by atoms with E-state index in [0.29, 0.717) is 6.04 Å². The number of nitrogens with one attached hydrogen (secondary N) is 1. The SMILES string of the molecule is CCCNC(c1cc(Cl)c(Br)s1)C1CCCCC1. The van der Waals surface area contributed by atoms with Gasteiger partial charge in [-0.15, -0.1) is 11.3 Å². The highest BCUT2D eigenvalue weighted by Crippen LogP contribution is 2.41. The zero-order valence-electron chi connectivity index (χ0n) is 10.8. The summed E-state index contributed by atoms with van der Waals surface area (Å²) >= 11 is 11.5. The molecule has 18 heavy (non-hydrogen) atoms. The van der Waals surface area contributed by atoms with Crippen LogP contribution in [0.5, 0.6) is 0 Å². The molecule has 0 radical (unpaired) electrons. The summed E-state index contributed by atoms with van der Waals surface area (Å²) in [5, 5.41) is 4.58. The third kappa shape index (κ3) is 3.72. The summed E-state index contributed by atoms with van der Waals surface area (Å²) in [5.74, 6) is 0.784. The van der Waals surface area contributed by atoms with Gasteiger partial charge in [-0.2, -0.15) is 0 Å². The van der Waals surface area contributed by atoms with E-state index in [-0.39, 0.29) is 0 Å². The highest BCUT2D eigenvalue weighted by atomic mass is 79.9. The molecule has 1 saturated carbocycles. The van der Waals surface area contributed by atoms with Crippen molar-refractivity contribution in [1.82, 2.24) is 5.32 Å². The van der Waals surface area contributed by atoms with Crippen LogP contribution in [0.4, 0.5) is 0 Å². The smallest absolute Gasteiger partial charge is 0.0887 e. The quantitative estimate of drug-likeness (QED) is 0.709. The molecule has 0 aromatic carbocycles. The van der Waals surface area contributed by atoms with Crippen LogP contribution < -0.4 is 5.32 Å². The molecule has 102 valence electrons. The second kappa shape index (κ2) is 7.28. The summed E-state index contributed by atoms with van der Waals surface area (Å²) in [6, 6.07) is 2.64. The fourth-order valence-electron chi connectivity index (χ4n) is 2.78. The van der Waals surface area contributed by atoms with E-state index in [4.69, 9.17) is 11.6 Å². The van der Waals surface area contributed by atoms with E-state index in [9.17, 15) is 0 Å². The van der Waals surface area contributed by atoms with E-state index < -0.39 is 0 Å². The molecule has 4 heteroatoms. The van der Waals surface area contributed by atoms with Crippen LogP contribution in [0.3, 0.4) is 0 Å². The van der Waals surface area contributed by atoms with Crippen molar-refractivity contribution in [1.29, 1.82) is 0 Å². The summed E-state index contributed by atoms with van der Waals surface area (Å²) in [7, 11) is 0. The van der Waals surface area contributed by atoms with Crippen LogP contribution in [0.25, 0.3) is 0 Å². The largest absolute Gasteiger partial charge is 0.309 e. The average Bonchev–Trinajstić information content (AvgIpc) is 2.71. The van der Waals surface area contributed by atoms with E-state index in [1.165, 1.54) is 43.4 Å². The Bertz CT molecular complexity index is 354. The van der Waals surface area contributed by atoms with E-state index in [1.54, 1.807) is 11.3 Å². The van der Waals surface area contributed by atoms with Crippen molar-refractivity contribution in [2.45, 2.75) is 51.5 Å². The lowest BCUT2D eigenvalue weighted by Crippen LogP contribution is -2.29. The van der Waals surface area contributed by atoms with Crippen molar-refractivity contribution in [2.75, 3.05) is 6.54 Å². The summed E-state index contributed by atoms with van der Waals surface area (Å²) in [6.07, 6.45) is 8.07. The Balaban J connectivity index is 2.12. The van der Waals surface area contributed by atoms with Crippen molar-refractivity contribution >= 4 is 38.9 Å². The molecule has 1 aliphatic rings. The predicted octanol–water partition coefficient (Wildman–Crippen LogP) is 5.79. The van der Waals surface area contributed by atoms with E-state index in [1.807, 2.05) is 0 Å². The first-order chi connectivity index (χ1) is 8.72. The van der Waals surface area contributed by atoms with Crippen molar-refractivity contribution in [3.63, 3.8) is 0 Å². The molecular weight excluding hydrogens is 330 g/mol. The van der Waals surface area contributed by atoms with E-state index >= 15 is 0 Å². The molecule has 1 aromatic rings. The van der Waals surface area contributed by atoms with Crippen molar-refractivity contribution in [3.05, 3.63) is 19.8 Å². The molecule has 1 atom stereocenters. The fourth-order valence-corrected chi connectivity index (χ4v) is 4.70. The summed E-state index contributed by atoms with van der Waals surface area (Å²) < 4.78 is 1.07. The number of halogens is 2. The van der Waals surface area contributed by atoms with Gasteiger partial charge in [-0.05, 0) is 53.7 Å². The molecule has 1 N–H and O–H groups in total. The van der Waals surface area contributed by atoms with Gasteiger partial charge < -0.3 is 5.32 Å². The van der Waals surface area contributed by atoms with Crippen LogP contribution in [0.15, 0.2) is 9.85 Å². The van der Waals surface area contributed by atoms with Gasteiger partial charge in [0.15, 0.2) is 0 Å². The Morgan fingerprint density at radius 2 is 2.17 bits per heavy atom. The molecule has 1 unspecified atom stereocenters. The van der Waals surface area contributed by atoms with Crippen LogP contribution in [-0.4, -0.2) is 6.54 Å². The molecule has 1 nitrogen and oxygen atoms in total. The molecule has 0 amide bonds. The second-order valence-electron chi connectivity index (χ2n) is 5.10. The topological polar surface area (TPSA) is 12.0 Å². The first-order valence-electron chi connectivity index (χ1n) is 6.90.